The summed E-state index contributed by atoms with van der Waals surface area (Å²) in [5, 5.41) is 0. The number of alkyl halides is 2. The summed E-state index contributed by atoms with van der Waals surface area (Å²) in [6, 6.07) is 0. The van der Waals surface area contributed by atoms with Gasteiger partial charge in [0.2, 0.25) is 0 Å². The molecule has 0 aliphatic rings. The second-order valence-electron chi connectivity index (χ2n) is 0.697. The van der Waals surface area contributed by atoms with Crippen LogP contribution < -0.4 is 0 Å². The van der Waals surface area contributed by atoms with Crippen molar-refractivity contribution in [2.24, 2.45) is 0 Å². The average molecular weight is 222 g/mol. The molecule has 0 amide bonds. The molecule has 0 bridgehead atoms. The Kier molecular flexibility index (Phi) is 7.00. The summed E-state index contributed by atoms with van der Waals surface area (Å²) in [5.74, 6) is -2.15. The van der Waals surface area contributed by atoms with Gasteiger partial charge >= 0.3 is 12.4 Å². The van der Waals surface area contributed by atoms with E-state index in [0.717, 1.165) is 0 Å². The Bertz CT molecular complexity index is 75.7. The molecule has 0 aromatic carbocycles. The minimum absolute atomic E-state index is 0. The van der Waals surface area contributed by atoms with Crippen LogP contribution in [0.5, 0.6) is 0 Å². The monoisotopic (exact) mass is 221 g/mol. The van der Waals surface area contributed by atoms with E-state index in [2.05, 4.69) is 4.94 Å². The molecule has 0 heterocycles. The first-order valence-corrected chi connectivity index (χ1v) is 1.29. The molecule has 0 N–H and O–H groups in total. The zero-order valence-electron chi connectivity index (χ0n) is 3.33. The number of carbonyl (C=O) groups is 1. The van der Waals surface area contributed by atoms with E-state index in [9.17, 15) is 13.3 Å². The fraction of sp³-hybridized carbons (Fsp3) is 0.500. The number of hydrogen-bond acceptors (Lipinski definition) is 2. The van der Waals surface area contributed by atoms with Gasteiger partial charge in [-0.15, -0.1) is 0 Å². The van der Waals surface area contributed by atoms with E-state index < -0.39 is 12.4 Å². The van der Waals surface area contributed by atoms with Gasteiger partial charge in [0.05, 0.1) is 0 Å². The number of halogens is 3. The summed E-state index contributed by atoms with van der Waals surface area (Å²) in [5.41, 5.74) is 0. The molecule has 6 heteroatoms. The summed E-state index contributed by atoms with van der Waals surface area (Å²) >= 11 is 0. The molecule has 0 aliphatic carbocycles. The van der Waals surface area contributed by atoms with Gasteiger partial charge in [0.15, 0.2) is 0 Å². The number of carbonyl (C=O) groups excluding carboxylic acids is 1. The van der Waals surface area contributed by atoms with Gasteiger partial charge in [-0.05, 0) is 0 Å². The van der Waals surface area contributed by atoms with E-state index in [0.29, 0.717) is 0 Å². The van der Waals surface area contributed by atoms with Crippen LogP contribution in [0, 0.1) is 0 Å². The topological polar surface area (TPSA) is 26.3 Å². The second-order valence-corrected chi connectivity index (χ2v) is 0.697. The Morgan fingerprint density at radius 2 is 1.88 bits per heavy atom. The second kappa shape index (κ2) is 5.14. The van der Waals surface area contributed by atoms with Crippen molar-refractivity contribution >= 4 is 5.97 Å². The Morgan fingerprint density at radius 1 is 1.50 bits per heavy atom. The maximum Gasteiger partial charge on any atom is 0.414 e. The van der Waals surface area contributed by atoms with Gasteiger partial charge in [-0.1, -0.05) is 0 Å². The molecule has 0 saturated heterocycles. The standard InChI is InChI=1S/C2HF3O2.Ag/c3-1(4)2(6)7-5;/h1H;. The molecular formula is C2HAgF3O2. The van der Waals surface area contributed by atoms with Gasteiger partial charge in [0, 0.05) is 26.9 Å². The van der Waals surface area contributed by atoms with E-state index in [1.807, 2.05) is 0 Å². The van der Waals surface area contributed by atoms with Gasteiger partial charge in [-0.2, -0.15) is 8.78 Å². The predicted molar refractivity (Wildman–Crippen MR) is 13.2 cm³/mol. The Hall–Kier alpha value is 0.000260. The van der Waals surface area contributed by atoms with Crippen LogP contribution in [-0.2, 0) is 32.1 Å². The van der Waals surface area contributed by atoms with E-state index in [4.69, 9.17) is 4.79 Å². The van der Waals surface area contributed by atoms with Gasteiger partial charge < -0.3 is 0 Å². The molecule has 0 rings (SSSR count). The van der Waals surface area contributed by atoms with Crippen LogP contribution in [-0.4, -0.2) is 12.4 Å². The molecule has 0 unspecified atom stereocenters. The normalized spacial score (nSPS) is 8.00. The van der Waals surface area contributed by atoms with Crippen LogP contribution in [0.15, 0.2) is 0 Å². The molecule has 0 aromatic heterocycles. The zero-order chi connectivity index (χ0) is 5.86. The fourth-order valence-electron chi connectivity index (χ4n) is 0.0337. The molecule has 0 fully saturated rings. The molecule has 53 valence electrons. The van der Waals surface area contributed by atoms with Crippen LogP contribution in [0.1, 0.15) is 0 Å². The first-order valence-electron chi connectivity index (χ1n) is 1.29. The first-order chi connectivity index (χ1) is 3.18. The number of rotatable bonds is 1. The van der Waals surface area contributed by atoms with Crippen LogP contribution in [0.4, 0.5) is 13.3 Å². The number of hydrogen-bond donors (Lipinski definition) is 0. The largest absolute Gasteiger partial charge is 0.414 e. The summed E-state index contributed by atoms with van der Waals surface area (Å²) < 4.78 is 31.7. The molecular weight excluding hydrogens is 221 g/mol. The third-order valence-electron chi connectivity index (χ3n) is 0.254. The van der Waals surface area contributed by atoms with E-state index in [1.165, 1.54) is 0 Å². The SMILES string of the molecule is O=C(OF)C(F)F.[Ag]. The molecule has 2 nitrogen and oxygen atoms in total. The maximum absolute atomic E-state index is 10.7. The van der Waals surface area contributed by atoms with E-state index in [-0.39, 0.29) is 22.4 Å². The third kappa shape index (κ3) is 4.17. The van der Waals surface area contributed by atoms with Crippen molar-refractivity contribution in [2.75, 3.05) is 0 Å². The average Bonchev–Trinajstić information content (AvgIpc) is 1.65. The van der Waals surface area contributed by atoms with Gasteiger partial charge in [-0.3, -0.25) is 0 Å². The molecule has 0 aromatic rings. The smallest absolute Gasteiger partial charge is 0.248 e. The van der Waals surface area contributed by atoms with Crippen molar-refractivity contribution in [1.82, 2.24) is 0 Å². The summed E-state index contributed by atoms with van der Waals surface area (Å²) in [7, 11) is 0. The zero-order valence-corrected chi connectivity index (χ0v) is 4.81. The van der Waals surface area contributed by atoms with Crippen molar-refractivity contribution in [3.63, 3.8) is 0 Å². The molecule has 0 saturated carbocycles. The van der Waals surface area contributed by atoms with Crippen molar-refractivity contribution in [3.8, 4) is 0 Å². The summed E-state index contributed by atoms with van der Waals surface area (Å²) in [6.07, 6.45) is -3.37. The van der Waals surface area contributed by atoms with Crippen molar-refractivity contribution < 1.29 is 45.4 Å². The quantitative estimate of drug-likeness (QED) is 0.609. The van der Waals surface area contributed by atoms with Crippen LogP contribution in [0.25, 0.3) is 0 Å². The van der Waals surface area contributed by atoms with Gasteiger partial charge in [0.25, 0.3) is 0 Å². The minimum Gasteiger partial charge on any atom is -0.248 e. The van der Waals surface area contributed by atoms with Crippen LogP contribution >= 0.6 is 0 Å². The Morgan fingerprint density at radius 3 is 1.88 bits per heavy atom. The van der Waals surface area contributed by atoms with Crippen molar-refractivity contribution in [2.45, 2.75) is 6.43 Å². The van der Waals surface area contributed by atoms with E-state index in [1.54, 1.807) is 0 Å². The Balaban J connectivity index is 0. The molecule has 0 spiro atoms. The maximum atomic E-state index is 10.7. The molecule has 8 heavy (non-hydrogen) atoms. The predicted octanol–water partition coefficient (Wildman–Crippen LogP) is 0.677. The molecule has 1 radical (unpaired) electrons. The van der Waals surface area contributed by atoms with E-state index >= 15 is 0 Å². The van der Waals surface area contributed by atoms with Gasteiger partial charge in [-0.25, -0.2) is 9.74 Å². The van der Waals surface area contributed by atoms with Crippen LogP contribution in [0.3, 0.4) is 0 Å². The third-order valence-corrected chi connectivity index (χ3v) is 0.254. The molecule has 0 atom stereocenters. The van der Waals surface area contributed by atoms with Crippen LogP contribution in [0.2, 0.25) is 0 Å². The molecule has 0 aliphatic heterocycles. The van der Waals surface area contributed by atoms with Crippen molar-refractivity contribution in [3.05, 3.63) is 0 Å². The fourth-order valence-corrected chi connectivity index (χ4v) is 0.0337. The first kappa shape index (κ1) is 10.9. The summed E-state index contributed by atoms with van der Waals surface area (Å²) in [6.45, 7) is 0. The van der Waals surface area contributed by atoms with Crippen molar-refractivity contribution in [1.29, 1.82) is 0 Å². The Labute approximate surface area is 58.4 Å². The van der Waals surface area contributed by atoms with Gasteiger partial charge in [0.1, 0.15) is 0 Å². The minimum atomic E-state index is -3.37. The summed E-state index contributed by atoms with van der Waals surface area (Å²) in [4.78, 5) is 11.3.